The lowest BCUT2D eigenvalue weighted by atomic mass is 9.87. The van der Waals surface area contributed by atoms with E-state index in [1.165, 1.54) is 17.5 Å². The second-order valence-electron chi connectivity index (χ2n) is 6.10. The third-order valence-electron chi connectivity index (χ3n) is 4.39. The second kappa shape index (κ2) is 4.45. The van der Waals surface area contributed by atoms with Crippen molar-refractivity contribution < 1.29 is 4.74 Å². The van der Waals surface area contributed by atoms with Crippen LogP contribution in [0, 0.1) is 12.8 Å². The lowest BCUT2D eigenvalue weighted by molar-refractivity contribution is -0.0366. The van der Waals surface area contributed by atoms with Gasteiger partial charge in [0.15, 0.2) is 0 Å². The molecule has 0 amide bonds. The Morgan fingerprint density at radius 1 is 1.24 bits per heavy atom. The highest BCUT2D eigenvalue weighted by Crippen LogP contribution is 2.40. The summed E-state index contributed by atoms with van der Waals surface area (Å²) in [4.78, 5) is 0. The standard InChI is InChI=1S/C16H24O/c1-11-6-8-14(9-7-11)13(3)15-10-12(2)16(4,5)17-15/h6-9,12-13,15H,10H2,1-5H3/t12-,13+,15-/m0/s1. The Balaban J connectivity index is 2.11. The Kier molecular flexibility index (Phi) is 3.31. The van der Waals surface area contributed by atoms with E-state index in [-0.39, 0.29) is 5.60 Å². The molecule has 1 fully saturated rings. The van der Waals surface area contributed by atoms with Gasteiger partial charge in [0.25, 0.3) is 0 Å². The van der Waals surface area contributed by atoms with Crippen LogP contribution in [0.5, 0.6) is 0 Å². The fourth-order valence-electron chi connectivity index (χ4n) is 2.58. The van der Waals surface area contributed by atoms with E-state index in [1.807, 2.05) is 0 Å². The van der Waals surface area contributed by atoms with Gasteiger partial charge in [-0.2, -0.15) is 0 Å². The average Bonchev–Trinajstić information content (AvgIpc) is 2.54. The van der Waals surface area contributed by atoms with Gasteiger partial charge in [0.2, 0.25) is 0 Å². The van der Waals surface area contributed by atoms with Crippen molar-refractivity contribution in [3.05, 3.63) is 35.4 Å². The molecule has 1 heterocycles. The first-order valence-corrected chi connectivity index (χ1v) is 6.64. The Morgan fingerprint density at radius 2 is 1.82 bits per heavy atom. The van der Waals surface area contributed by atoms with Gasteiger partial charge >= 0.3 is 0 Å². The Labute approximate surface area is 105 Å². The summed E-state index contributed by atoms with van der Waals surface area (Å²) in [6, 6.07) is 8.85. The van der Waals surface area contributed by atoms with Gasteiger partial charge in [-0.05, 0) is 38.7 Å². The van der Waals surface area contributed by atoms with Crippen LogP contribution in [0.2, 0.25) is 0 Å². The maximum Gasteiger partial charge on any atom is 0.0656 e. The number of ether oxygens (including phenoxy) is 1. The molecular formula is C16H24O. The van der Waals surface area contributed by atoms with Crippen molar-refractivity contribution in [2.45, 2.75) is 58.7 Å². The van der Waals surface area contributed by atoms with Crippen LogP contribution >= 0.6 is 0 Å². The molecule has 0 N–H and O–H groups in total. The molecule has 1 aliphatic rings. The zero-order valence-corrected chi connectivity index (χ0v) is 11.7. The SMILES string of the molecule is Cc1ccc([C@@H](C)[C@@H]2C[C@H](C)C(C)(C)O2)cc1. The number of rotatable bonds is 2. The summed E-state index contributed by atoms with van der Waals surface area (Å²) in [5, 5.41) is 0. The molecule has 1 heteroatoms. The van der Waals surface area contributed by atoms with Crippen molar-refractivity contribution in [2.24, 2.45) is 5.92 Å². The van der Waals surface area contributed by atoms with Crippen molar-refractivity contribution in [2.75, 3.05) is 0 Å². The van der Waals surface area contributed by atoms with Crippen LogP contribution in [0.15, 0.2) is 24.3 Å². The van der Waals surface area contributed by atoms with Crippen molar-refractivity contribution in [1.29, 1.82) is 0 Å². The van der Waals surface area contributed by atoms with Crippen molar-refractivity contribution in [3.63, 3.8) is 0 Å². The lowest BCUT2D eigenvalue weighted by Gasteiger charge is -2.25. The molecule has 0 aromatic heterocycles. The summed E-state index contributed by atoms with van der Waals surface area (Å²) in [5.74, 6) is 1.13. The largest absolute Gasteiger partial charge is 0.371 e. The molecule has 3 atom stereocenters. The highest BCUT2D eigenvalue weighted by Gasteiger charge is 2.40. The molecule has 1 nitrogen and oxygen atoms in total. The number of hydrogen-bond donors (Lipinski definition) is 0. The van der Waals surface area contributed by atoms with E-state index in [0.717, 1.165) is 0 Å². The molecule has 1 saturated heterocycles. The van der Waals surface area contributed by atoms with Crippen LogP contribution in [-0.4, -0.2) is 11.7 Å². The maximum absolute atomic E-state index is 6.21. The van der Waals surface area contributed by atoms with Gasteiger partial charge in [-0.3, -0.25) is 0 Å². The van der Waals surface area contributed by atoms with Crippen LogP contribution in [0.25, 0.3) is 0 Å². The Hall–Kier alpha value is -0.820. The van der Waals surface area contributed by atoms with Gasteiger partial charge in [0.1, 0.15) is 0 Å². The van der Waals surface area contributed by atoms with Crippen LogP contribution in [0.4, 0.5) is 0 Å². The Morgan fingerprint density at radius 3 is 2.29 bits per heavy atom. The van der Waals surface area contributed by atoms with Gasteiger partial charge in [0.05, 0.1) is 11.7 Å². The molecule has 94 valence electrons. The minimum atomic E-state index is 0.0314. The van der Waals surface area contributed by atoms with Crippen LogP contribution < -0.4 is 0 Å². The second-order valence-corrected chi connectivity index (χ2v) is 6.10. The molecule has 0 radical (unpaired) electrons. The molecule has 0 bridgehead atoms. The third-order valence-corrected chi connectivity index (χ3v) is 4.39. The van der Waals surface area contributed by atoms with E-state index in [1.54, 1.807) is 0 Å². The topological polar surface area (TPSA) is 9.23 Å². The van der Waals surface area contributed by atoms with Crippen molar-refractivity contribution in [1.82, 2.24) is 0 Å². The van der Waals surface area contributed by atoms with E-state index in [0.29, 0.717) is 17.9 Å². The molecule has 0 saturated carbocycles. The fraction of sp³-hybridized carbons (Fsp3) is 0.625. The molecule has 1 aromatic carbocycles. The van der Waals surface area contributed by atoms with Gasteiger partial charge in [-0.25, -0.2) is 0 Å². The molecule has 17 heavy (non-hydrogen) atoms. The van der Waals surface area contributed by atoms with E-state index in [2.05, 4.69) is 58.9 Å². The van der Waals surface area contributed by atoms with Crippen LogP contribution in [0.1, 0.15) is 51.2 Å². The van der Waals surface area contributed by atoms with E-state index in [9.17, 15) is 0 Å². The molecular weight excluding hydrogens is 208 g/mol. The average molecular weight is 232 g/mol. The maximum atomic E-state index is 6.21. The molecule has 1 aromatic rings. The Bertz CT molecular complexity index is 377. The zero-order valence-electron chi connectivity index (χ0n) is 11.7. The lowest BCUT2D eigenvalue weighted by Crippen LogP contribution is -2.26. The van der Waals surface area contributed by atoms with Crippen LogP contribution in [-0.2, 0) is 4.74 Å². The fourth-order valence-corrected chi connectivity index (χ4v) is 2.58. The number of benzene rings is 1. The smallest absolute Gasteiger partial charge is 0.0656 e. The number of hydrogen-bond acceptors (Lipinski definition) is 1. The molecule has 0 unspecified atom stereocenters. The predicted octanol–water partition coefficient (Wildman–Crippen LogP) is 4.30. The van der Waals surface area contributed by atoms with Gasteiger partial charge in [0, 0.05) is 5.92 Å². The summed E-state index contributed by atoms with van der Waals surface area (Å²) in [7, 11) is 0. The van der Waals surface area contributed by atoms with Crippen molar-refractivity contribution in [3.8, 4) is 0 Å². The van der Waals surface area contributed by atoms with E-state index in [4.69, 9.17) is 4.74 Å². The minimum Gasteiger partial charge on any atom is -0.371 e. The summed E-state index contributed by atoms with van der Waals surface area (Å²) in [6.45, 7) is 11.1. The predicted molar refractivity (Wildman–Crippen MR) is 72.3 cm³/mol. The third kappa shape index (κ3) is 2.55. The van der Waals surface area contributed by atoms with E-state index >= 15 is 0 Å². The first-order valence-electron chi connectivity index (χ1n) is 6.64. The van der Waals surface area contributed by atoms with Crippen LogP contribution in [0.3, 0.4) is 0 Å². The van der Waals surface area contributed by atoms with E-state index < -0.39 is 0 Å². The summed E-state index contributed by atoms with van der Waals surface area (Å²) in [5.41, 5.74) is 2.75. The minimum absolute atomic E-state index is 0.0314. The molecule has 0 aliphatic carbocycles. The van der Waals surface area contributed by atoms with Gasteiger partial charge in [-0.15, -0.1) is 0 Å². The van der Waals surface area contributed by atoms with Gasteiger partial charge < -0.3 is 4.74 Å². The zero-order chi connectivity index (χ0) is 12.6. The number of aryl methyl sites for hydroxylation is 1. The highest BCUT2D eigenvalue weighted by molar-refractivity contribution is 5.25. The molecule has 0 spiro atoms. The molecule has 1 aliphatic heterocycles. The summed E-state index contributed by atoms with van der Waals surface area (Å²) >= 11 is 0. The molecule has 2 rings (SSSR count). The summed E-state index contributed by atoms with van der Waals surface area (Å²) in [6.07, 6.45) is 1.53. The highest BCUT2D eigenvalue weighted by atomic mass is 16.5. The normalized spacial score (nSPS) is 29.2. The quantitative estimate of drug-likeness (QED) is 0.738. The monoisotopic (exact) mass is 232 g/mol. The van der Waals surface area contributed by atoms with Crippen molar-refractivity contribution >= 4 is 0 Å². The summed E-state index contributed by atoms with van der Waals surface area (Å²) < 4.78 is 6.21. The first-order chi connectivity index (χ1) is 7.90. The van der Waals surface area contributed by atoms with Gasteiger partial charge in [-0.1, -0.05) is 43.7 Å². The first kappa shape index (κ1) is 12.6.